The van der Waals surface area contributed by atoms with Gasteiger partial charge in [-0.2, -0.15) is 0 Å². The van der Waals surface area contributed by atoms with Crippen molar-refractivity contribution in [2.24, 2.45) is 0 Å². The molecule has 78 valence electrons. The second kappa shape index (κ2) is 5.56. The molecule has 0 saturated carbocycles. The molecule has 0 spiro atoms. The minimum absolute atomic E-state index is 0.0872. The van der Waals surface area contributed by atoms with Crippen LogP contribution < -0.4 is 11.1 Å². The quantitative estimate of drug-likeness (QED) is 0.592. The van der Waals surface area contributed by atoms with Crippen LogP contribution in [0.1, 0.15) is 12.1 Å². The van der Waals surface area contributed by atoms with Crippen molar-refractivity contribution in [2.45, 2.75) is 12.8 Å². The van der Waals surface area contributed by atoms with E-state index < -0.39 is 0 Å². The van der Waals surface area contributed by atoms with Crippen LogP contribution in [-0.4, -0.2) is 29.1 Å². The normalized spacial score (nSPS) is 10.1. The van der Waals surface area contributed by atoms with Crippen molar-refractivity contribution in [3.8, 4) is 0 Å². The van der Waals surface area contributed by atoms with Gasteiger partial charge >= 0.3 is 0 Å². The minimum Gasteiger partial charge on any atom is -0.396 e. The number of hydrogen-bond donors (Lipinski definition) is 3. The third kappa shape index (κ3) is 3.71. The second-order valence-corrected chi connectivity index (χ2v) is 3.67. The maximum absolute atomic E-state index is 11.2. The number of carbonyl (C=O) groups excluding carboxylic acids is 1. The molecule has 6 heteroatoms. The maximum Gasteiger partial charge on any atom is 0.226 e. The number of nitrogens with one attached hydrogen (secondary N) is 1. The molecule has 1 aromatic rings. The Labute approximate surface area is 86.0 Å². The number of aliphatic hydroxyl groups is 1. The van der Waals surface area contributed by atoms with Crippen LogP contribution in [0.2, 0.25) is 0 Å². The van der Waals surface area contributed by atoms with Gasteiger partial charge in [0.1, 0.15) is 0 Å². The van der Waals surface area contributed by atoms with Crippen molar-refractivity contribution in [3.05, 3.63) is 11.1 Å². The van der Waals surface area contributed by atoms with Gasteiger partial charge in [0.25, 0.3) is 0 Å². The van der Waals surface area contributed by atoms with E-state index in [4.69, 9.17) is 10.8 Å². The second-order valence-electron chi connectivity index (χ2n) is 2.78. The van der Waals surface area contributed by atoms with Crippen LogP contribution >= 0.6 is 11.3 Å². The minimum atomic E-state index is -0.0937. The lowest BCUT2D eigenvalue weighted by atomic mass is 10.3. The fraction of sp³-hybridized carbons (Fsp3) is 0.500. The van der Waals surface area contributed by atoms with E-state index in [1.807, 2.05) is 0 Å². The number of thiazole rings is 1. The van der Waals surface area contributed by atoms with Crippen molar-refractivity contribution in [2.75, 3.05) is 18.9 Å². The number of hydrogen-bond acceptors (Lipinski definition) is 5. The molecule has 0 atom stereocenters. The van der Waals surface area contributed by atoms with Crippen LogP contribution in [0.15, 0.2) is 5.38 Å². The molecule has 4 N–H and O–H groups in total. The molecular weight excluding hydrogens is 202 g/mol. The highest BCUT2D eigenvalue weighted by Gasteiger charge is 2.05. The fourth-order valence-corrected chi connectivity index (χ4v) is 1.50. The average Bonchev–Trinajstić information content (AvgIpc) is 2.52. The highest BCUT2D eigenvalue weighted by atomic mass is 32.1. The zero-order valence-corrected chi connectivity index (χ0v) is 8.51. The molecule has 5 nitrogen and oxygen atoms in total. The molecule has 14 heavy (non-hydrogen) atoms. The molecule has 0 aliphatic carbocycles. The van der Waals surface area contributed by atoms with Gasteiger partial charge in [-0.05, 0) is 6.42 Å². The SMILES string of the molecule is Nc1nc(CC(=O)NCCCO)cs1. The first-order valence-corrected chi connectivity index (χ1v) is 5.18. The summed E-state index contributed by atoms with van der Waals surface area (Å²) in [6.07, 6.45) is 0.823. The lowest BCUT2D eigenvalue weighted by Crippen LogP contribution is -2.26. The summed E-state index contributed by atoms with van der Waals surface area (Å²) < 4.78 is 0. The van der Waals surface area contributed by atoms with E-state index in [1.165, 1.54) is 11.3 Å². The number of nitrogen functional groups attached to an aromatic ring is 1. The monoisotopic (exact) mass is 215 g/mol. The van der Waals surface area contributed by atoms with Crippen molar-refractivity contribution in [1.82, 2.24) is 10.3 Å². The molecule has 0 saturated heterocycles. The van der Waals surface area contributed by atoms with Gasteiger partial charge in [-0.15, -0.1) is 11.3 Å². The van der Waals surface area contributed by atoms with Gasteiger partial charge in [-0.25, -0.2) is 4.98 Å². The number of nitrogens with two attached hydrogens (primary N) is 1. The average molecular weight is 215 g/mol. The molecule has 1 aromatic heterocycles. The van der Waals surface area contributed by atoms with Crippen LogP contribution in [0.25, 0.3) is 0 Å². The van der Waals surface area contributed by atoms with E-state index in [2.05, 4.69) is 10.3 Å². The van der Waals surface area contributed by atoms with Crippen molar-refractivity contribution >= 4 is 22.4 Å². The van der Waals surface area contributed by atoms with Crippen molar-refractivity contribution in [1.29, 1.82) is 0 Å². The topological polar surface area (TPSA) is 88.2 Å². The summed E-state index contributed by atoms with van der Waals surface area (Å²) in [5.74, 6) is -0.0937. The Hall–Kier alpha value is -1.14. The summed E-state index contributed by atoms with van der Waals surface area (Å²) in [7, 11) is 0. The molecule has 1 rings (SSSR count). The van der Waals surface area contributed by atoms with E-state index in [1.54, 1.807) is 5.38 Å². The Bertz CT molecular complexity index is 301. The molecule has 1 amide bonds. The van der Waals surface area contributed by atoms with Gasteiger partial charge in [0, 0.05) is 18.5 Å². The zero-order valence-electron chi connectivity index (χ0n) is 7.69. The van der Waals surface area contributed by atoms with E-state index in [0.29, 0.717) is 23.8 Å². The first kappa shape index (κ1) is 10.9. The van der Waals surface area contributed by atoms with Gasteiger partial charge in [0.15, 0.2) is 5.13 Å². The van der Waals surface area contributed by atoms with Crippen molar-refractivity contribution < 1.29 is 9.90 Å². The summed E-state index contributed by atoms with van der Waals surface area (Å²) in [6, 6.07) is 0. The van der Waals surface area contributed by atoms with Crippen LogP contribution in [0.5, 0.6) is 0 Å². The molecular formula is C8H13N3O2S. The Morgan fingerprint density at radius 3 is 3.07 bits per heavy atom. The van der Waals surface area contributed by atoms with E-state index in [-0.39, 0.29) is 18.9 Å². The molecule has 0 aliphatic heterocycles. The maximum atomic E-state index is 11.2. The number of aromatic nitrogens is 1. The van der Waals surface area contributed by atoms with E-state index in [9.17, 15) is 4.79 Å². The van der Waals surface area contributed by atoms with Gasteiger partial charge in [-0.3, -0.25) is 4.79 Å². The van der Waals surface area contributed by atoms with Crippen LogP contribution in [-0.2, 0) is 11.2 Å². The first-order chi connectivity index (χ1) is 6.72. The summed E-state index contributed by atoms with van der Waals surface area (Å²) in [4.78, 5) is 15.2. The predicted octanol–water partition coefficient (Wildman–Crippen LogP) is -0.234. The standard InChI is InChI=1S/C8H13N3O2S/c9-8-11-6(5-14-8)4-7(13)10-2-1-3-12/h5,12H,1-4H2,(H2,9,11)(H,10,13). The molecule has 0 bridgehead atoms. The smallest absolute Gasteiger partial charge is 0.226 e. The Morgan fingerprint density at radius 1 is 1.71 bits per heavy atom. The largest absolute Gasteiger partial charge is 0.396 e. The Morgan fingerprint density at radius 2 is 2.50 bits per heavy atom. The van der Waals surface area contributed by atoms with Gasteiger partial charge in [-0.1, -0.05) is 0 Å². The summed E-state index contributed by atoms with van der Waals surface area (Å²) >= 11 is 1.32. The Balaban J connectivity index is 2.27. The van der Waals surface area contributed by atoms with Crippen molar-refractivity contribution in [3.63, 3.8) is 0 Å². The number of anilines is 1. The lowest BCUT2D eigenvalue weighted by Gasteiger charge is -2.01. The summed E-state index contributed by atoms with van der Waals surface area (Å²) in [5, 5.41) is 13.4. The molecule has 0 radical (unpaired) electrons. The summed E-state index contributed by atoms with van der Waals surface area (Å²) in [6.45, 7) is 0.582. The number of carbonyl (C=O) groups is 1. The number of aliphatic hydroxyl groups excluding tert-OH is 1. The third-order valence-electron chi connectivity index (χ3n) is 1.57. The Kier molecular flexibility index (Phi) is 4.34. The van der Waals surface area contributed by atoms with Gasteiger partial charge in [0.2, 0.25) is 5.91 Å². The highest BCUT2D eigenvalue weighted by Crippen LogP contribution is 2.10. The molecule has 0 aliphatic rings. The fourth-order valence-electron chi connectivity index (χ4n) is 0.938. The number of rotatable bonds is 5. The highest BCUT2D eigenvalue weighted by molar-refractivity contribution is 7.13. The third-order valence-corrected chi connectivity index (χ3v) is 2.29. The van der Waals surface area contributed by atoms with E-state index >= 15 is 0 Å². The predicted molar refractivity (Wildman–Crippen MR) is 54.9 cm³/mol. The van der Waals surface area contributed by atoms with Crippen LogP contribution in [0, 0.1) is 0 Å². The molecule has 0 fully saturated rings. The first-order valence-electron chi connectivity index (χ1n) is 4.30. The van der Waals surface area contributed by atoms with Crippen LogP contribution in [0.4, 0.5) is 5.13 Å². The van der Waals surface area contributed by atoms with Crippen LogP contribution in [0.3, 0.4) is 0 Å². The number of amides is 1. The van der Waals surface area contributed by atoms with Gasteiger partial charge in [0.05, 0.1) is 12.1 Å². The molecule has 1 heterocycles. The summed E-state index contributed by atoms with van der Waals surface area (Å²) in [5.41, 5.74) is 6.11. The lowest BCUT2D eigenvalue weighted by molar-refractivity contribution is -0.120. The molecule has 0 unspecified atom stereocenters. The molecule has 0 aromatic carbocycles. The number of nitrogens with zero attached hydrogens (tertiary/aromatic N) is 1. The van der Waals surface area contributed by atoms with E-state index in [0.717, 1.165) is 0 Å². The zero-order chi connectivity index (χ0) is 10.4. The van der Waals surface area contributed by atoms with Gasteiger partial charge < -0.3 is 16.2 Å².